The van der Waals surface area contributed by atoms with E-state index >= 15 is 0 Å². The van der Waals surface area contributed by atoms with Gasteiger partial charge in [-0.15, -0.1) is 0 Å². The molecule has 1 aromatic heterocycles. The summed E-state index contributed by atoms with van der Waals surface area (Å²) < 4.78 is 13.6. The number of likely N-dealkylation sites (N-methyl/N-ethyl adjacent to an activating group) is 1. The molecule has 0 fully saturated rings. The Bertz CT molecular complexity index is 1220. The first-order valence-electron chi connectivity index (χ1n) is 11.1. The predicted molar refractivity (Wildman–Crippen MR) is 121 cm³/mol. The predicted octanol–water partition coefficient (Wildman–Crippen LogP) is 3.32. The highest BCUT2D eigenvalue weighted by Crippen LogP contribution is 2.48. The van der Waals surface area contributed by atoms with Crippen LogP contribution >= 0.6 is 0 Å². The van der Waals surface area contributed by atoms with E-state index in [9.17, 15) is 9.59 Å². The molecule has 0 saturated carbocycles. The van der Waals surface area contributed by atoms with Crippen LogP contribution in [-0.4, -0.2) is 53.6 Å². The zero-order valence-corrected chi connectivity index (χ0v) is 18.6. The molecule has 2 amide bonds. The van der Waals surface area contributed by atoms with Gasteiger partial charge in [0.1, 0.15) is 0 Å². The van der Waals surface area contributed by atoms with Gasteiger partial charge in [-0.05, 0) is 41.3 Å². The first-order valence-corrected chi connectivity index (χ1v) is 11.1. The van der Waals surface area contributed by atoms with Crippen LogP contribution in [-0.2, 0) is 22.6 Å². The fourth-order valence-electron chi connectivity index (χ4n) is 5.14. The van der Waals surface area contributed by atoms with E-state index in [0.717, 1.165) is 35.6 Å². The standard InChI is InChI=1S/C23H21N3O4.C2H6/c1-24(12-27)11-21(28)25-7-6-16-15-4-2-3-5-18(15)26-10-14-8-19-20(30-13-29-19)9-17(14)23(25)22(16)26;1-2/h2-5,8-9,12,23H,6-7,10-11,13H2,1H3;1-2H3/t23-;/m1./s1. The SMILES string of the molecule is CC.CN(C=O)CC(=O)N1CCc2c3n(c4ccccc24)Cc2cc4c(cc2[C@H]31)OCO4. The van der Waals surface area contributed by atoms with Crippen molar-refractivity contribution in [2.75, 3.05) is 26.9 Å². The van der Waals surface area contributed by atoms with Gasteiger partial charge in [-0.2, -0.15) is 0 Å². The molecule has 3 aliphatic rings. The van der Waals surface area contributed by atoms with Crippen molar-refractivity contribution in [3.8, 4) is 11.5 Å². The van der Waals surface area contributed by atoms with E-state index in [-0.39, 0.29) is 25.3 Å². The number of hydrogen-bond donors (Lipinski definition) is 0. The van der Waals surface area contributed by atoms with Crippen LogP contribution in [0.1, 0.15) is 42.3 Å². The molecule has 6 rings (SSSR count). The van der Waals surface area contributed by atoms with E-state index in [1.165, 1.54) is 27.1 Å². The van der Waals surface area contributed by atoms with E-state index in [4.69, 9.17) is 9.47 Å². The summed E-state index contributed by atoms with van der Waals surface area (Å²) in [5.41, 5.74) is 5.89. The van der Waals surface area contributed by atoms with Crippen molar-refractivity contribution in [3.05, 3.63) is 58.8 Å². The third kappa shape index (κ3) is 2.95. The Morgan fingerprint density at radius 1 is 1.19 bits per heavy atom. The van der Waals surface area contributed by atoms with E-state index < -0.39 is 0 Å². The van der Waals surface area contributed by atoms with Gasteiger partial charge in [0.2, 0.25) is 19.1 Å². The van der Waals surface area contributed by atoms with Crippen LogP contribution in [0.5, 0.6) is 11.5 Å². The molecule has 0 aliphatic carbocycles. The molecule has 32 heavy (non-hydrogen) atoms. The van der Waals surface area contributed by atoms with Crippen molar-refractivity contribution in [3.63, 3.8) is 0 Å². The third-order valence-corrected chi connectivity index (χ3v) is 6.44. The fourth-order valence-corrected chi connectivity index (χ4v) is 5.14. The molecule has 0 N–H and O–H groups in total. The number of benzene rings is 2. The minimum absolute atomic E-state index is 0.0532. The largest absolute Gasteiger partial charge is 0.454 e. The molecule has 1 atom stereocenters. The molecule has 0 saturated heterocycles. The summed E-state index contributed by atoms with van der Waals surface area (Å²) in [5.74, 6) is 1.42. The Balaban J connectivity index is 0.00000105. The smallest absolute Gasteiger partial charge is 0.243 e. The molecule has 2 aromatic carbocycles. The summed E-state index contributed by atoms with van der Waals surface area (Å²) >= 11 is 0. The Morgan fingerprint density at radius 3 is 2.72 bits per heavy atom. The number of para-hydroxylation sites is 1. The van der Waals surface area contributed by atoms with Crippen LogP contribution in [0.15, 0.2) is 36.4 Å². The maximum absolute atomic E-state index is 13.2. The highest BCUT2D eigenvalue weighted by Gasteiger charge is 2.41. The minimum atomic E-state index is -0.202. The Labute approximate surface area is 187 Å². The maximum atomic E-state index is 13.2. The number of nitrogens with zero attached hydrogens (tertiary/aromatic N) is 3. The topological polar surface area (TPSA) is 64.0 Å². The van der Waals surface area contributed by atoms with Gasteiger partial charge in [0.15, 0.2) is 11.5 Å². The second-order valence-corrected chi connectivity index (χ2v) is 8.13. The van der Waals surface area contributed by atoms with Crippen LogP contribution in [0.25, 0.3) is 10.9 Å². The normalized spacial score (nSPS) is 17.2. The van der Waals surface area contributed by atoms with E-state index in [1.54, 1.807) is 7.05 Å². The summed E-state index contributed by atoms with van der Waals surface area (Å²) in [4.78, 5) is 27.6. The third-order valence-electron chi connectivity index (χ3n) is 6.44. The van der Waals surface area contributed by atoms with Crippen LogP contribution in [0.2, 0.25) is 0 Å². The number of carbonyl (C=O) groups is 2. The van der Waals surface area contributed by atoms with E-state index in [1.807, 2.05) is 30.9 Å². The number of rotatable bonds is 3. The molecule has 7 nitrogen and oxygen atoms in total. The van der Waals surface area contributed by atoms with Gasteiger partial charge in [0.25, 0.3) is 0 Å². The Hall–Kier alpha value is -3.48. The van der Waals surface area contributed by atoms with E-state index in [2.05, 4.69) is 28.8 Å². The number of fused-ring (bicyclic) bond motifs is 6. The van der Waals surface area contributed by atoms with Crippen LogP contribution in [0.4, 0.5) is 0 Å². The van der Waals surface area contributed by atoms with Crippen LogP contribution in [0.3, 0.4) is 0 Å². The van der Waals surface area contributed by atoms with Crippen molar-refractivity contribution < 1.29 is 19.1 Å². The van der Waals surface area contributed by atoms with Gasteiger partial charge in [0.05, 0.1) is 12.6 Å². The number of ether oxygens (including phenoxy) is 2. The van der Waals surface area contributed by atoms with Crippen molar-refractivity contribution in [1.82, 2.24) is 14.4 Å². The van der Waals surface area contributed by atoms with Crippen LogP contribution in [0, 0.1) is 0 Å². The average molecular weight is 434 g/mol. The second kappa shape index (κ2) is 7.89. The second-order valence-electron chi connectivity index (χ2n) is 8.13. The van der Waals surface area contributed by atoms with Gasteiger partial charge in [-0.3, -0.25) is 9.59 Å². The number of hydrogen-bond acceptors (Lipinski definition) is 4. The summed E-state index contributed by atoms with van der Waals surface area (Å²) in [5, 5.41) is 1.25. The lowest BCUT2D eigenvalue weighted by Gasteiger charge is -2.41. The molecule has 7 heteroatoms. The Morgan fingerprint density at radius 2 is 1.94 bits per heavy atom. The summed E-state index contributed by atoms with van der Waals surface area (Å²) in [6, 6.07) is 12.3. The molecule has 166 valence electrons. The van der Waals surface area contributed by atoms with Gasteiger partial charge in [-0.1, -0.05) is 32.0 Å². The molecule has 0 radical (unpaired) electrons. The quantitative estimate of drug-likeness (QED) is 0.595. The minimum Gasteiger partial charge on any atom is -0.454 e. The number of amides is 2. The number of aromatic nitrogens is 1. The van der Waals surface area contributed by atoms with Gasteiger partial charge >= 0.3 is 0 Å². The first-order chi connectivity index (χ1) is 15.7. The maximum Gasteiger partial charge on any atom is 0.243 e. The zero-order valence-electron chi connectivity index (χ0n) is 18.6. The van der Waals surface area contributed by atoms with Crippen LogP contribution < -0.4 is 9.47 Å². The fraction of sp³-hybridized carbons (Fsp3) is 0.360. The van der Waals surface area contributed by atoms with E-state index in [0.29, 0.717) is 13.0 Å². The summed E-state index contributed by atoms with van der Waals surface area (Å²) in [6.45, 7) is 5.63. The van der Waals surface area contributed by atoms with Crippen molar-refractivity contribution in [2.45, 2.75) is 32.9 Å². The summed E-state index contributed by atoms with van der Waals surface area (Å²) in [7, 11) is 1.63. The lowest BCUT2D eigenvalue weighted by molar-refractivity contribution is -0.137. The highest BCUT2D eigenvalue weighted by molar-refractivity contribution is 5.89. The molecule has 0 spiro atoms. The zero-order chi connectivity index (χ0) is 22.4. The molecule has 3 aliphatic heterocycles. The van der Waals surface area contributed by atoms with Crippen molar-refractivity contribution in [1.29, 1.82) is 0 Å². The molecule has 3 aromatic rings. The first kappa shape index (κ1) is 20.4. The molecular weight excluding hydrogens is 406 g/mol. The van der Waals surface area contributed by atoms with Crippen molar-refractivity contribution in [2.24, 2.45) is 0 Å². The van der Waals surface area contributed by atoms with Gasteiger partial charge in [-0.25, -0.2) is 0 Å². The lowest BCUT2D eigenvalue weighted by Crippen LogP contribution is -2.46. The molecular formula is C25H27N3O4. The van der Waals surface area contributed by atoms with Gasteiger partial charge in [0, 0.05) is 36.7 Å². The molecule has 0 unspecified atom stereocenters. The Kier molecular flexibility index (Phi) is 5.04. The molecule has 0 bridgehead atoms. The summed E-state index contributed by atoms with van der Waals surface area (Å²) in [6.07, 6.45) is 1.49. The van der Waals surface area contributed by atoms with Crippen molar-refractivity contribution >= 4 is 23.2 Å². The lowest BCUT2D eigenvalue weighted by atomic mass is 9.87. The number of carbonyl (C=O) groups excluding carboxylic acids is 2. The average Bonchev–Trinajstić information content (AvgIpc) is 3.42. The highest BCUT2D eigenvalue weighted by atomic mass is 16.7. The van der Waals surface area contributed by atoms with Gasteiger partial charge < -0.3 is 23.8 Å². The monoisotopic (exact) mass is 433 g/mol. The molecule has 4 heterocycles.